The quantitative estimate of drug-likeness (QED) is 0.308. The van der Waals surface area contributed by atoms with Gasteiger partial charge in [0, 0.05) is 97.8 Å². The Morgan fingerprint density at radius 1 is 1.07 bits per heavy atom. The van der Waals surface area contributed by atoms with Crippen LogP contribution in [0.3, 0.4) is 0 Å². The summed E-state index contributed by atoms with van der Waals surface area (Å²) in [6.07, 6.45) is 3.18. The van der Waals surface area contributed by atoms with Crippen molar-refractivity contribution in [3.05, 3.63) is 45.0 Å². The van der Waals surface area contributed by atoms with Crippen LogP contribution in [0, 0.1) is 76.2 Å². The van der Waals surface area contributed by atoms with Gasteiger partial charge in [0.05, 0.1) is 18.2 Å². The van der Waals surface area contributed by atoms with Crippen LogP contribution >= 0.6 is 0 Å². The third-order valence-corrected chi connectivity index (χ3v) is 10.1. The van der Waals surface area contributed by atoms with Gasteiger partial charge in [-0.2, -0.15) is 5.26 Å². The number of aromatic hydroxyl groups is 1. The Hall–Kier alpha value is -2.37. The van der Waals surface area contributed by atoms with Gasteiger partial charge >= 0.3 is 5.97 Å². The van der Waals surface area contributed by atoms with Crippen molar-refractivity contribution in [2.45, 2.75) is 103 Å². The molecule has 1 radical (unpaired) electrons. The number of carbonyl (C=O) groups excluding carboxylic acids is 2. The third-order valence-electron chi connectivity index (χ3n) is 10.1. The van der Waals surface area contributed by atoms with Crippen LogP contribution in [0.25, 0.3) is 0 Å². The van der Waals surface area contributed by atoms with E-state index in [0.717, 1.165) is 39.8 Å². The van der Waals surface area contributed by atoms with Crippen LogP contribution in [-0.4, -0.2) is 65.3 Å². The Bertz CT molecular complexity index is 1570. The molecule has 45 heavy (non-hydrogen) atoms. The predicted molar refractivity (Wildman–Crippen MR) is 163 cm³/mol. The number of fused-ring (bicyclic) bond motifs is 9. The molecule has 1 saturated heterocycles. The number of carbonyl (C=O) groups is 2. The molecule has 1 amide bonds. The van der Waals surface area contributed by atoms with Gasteiger partial charge in [-0.05, 0) is 70.2 Å². The first-order valence-corrected chi connectivity index (χ1v) is 15.8. The predicted octanol–water partition coefficient (Wildman–Crippen LogP) is 4.44. The SMILES string of the molecule is CCCC(=O)NC[C@H]1c2c(c(O)c(C)c3c2OCO3)CC2[C@H]3c4c(cc(C)c(C)c4OC(=O)CCC)C[C@@H]([C@H](C#N)N21)N3C.[Ac]. The second kappa shape index (κ2) is 13.4. The van der Waals surface area contributed by atoms with Crippen molar-refractivity contribution in [2.24, 2.45) is 0 Å². The number of phenolic OH excluding ortho intramolecular Hbond substituents is 1. The minimum absolute atomic E-state index is 0. The first-order chi connectivity index (χ1) is 21.1. The third kappa shape index (κ3) is 5.54. The maximum Gasteiger partial charge on any atom is 0.311 e. The zero-order valence-electron chi connectivity index (χ0n) is 27.0. The molecule has 0 aromatic heterocycles. The van der Waals surface area contributed by atoms with Crippen molar-refractivity contribution < 1.29 is 73.0 Å². The smallest absolute Gasteiger partial charge is 0.311 e. The number of benzene rings is 2. The van der Waals surface area contributed by atoms with Crippen LogP contribution in [0.4, 0.5) is 0 Å². The molecule has 237 valence electrons. The molecule has 5 atom stereocenters. The average molecular weight is 830 g/mol. The van der Waals surface area contributed by atoms with E-state index in [1.54, 1.807) is 0 Å². The fourth-order valence-electron chi connectivity index (χ4n) is 7.91. The minimum atomic E-state index is -0.509. The molecule has 2 N–H and O–H groups in total. The molecule has 1 fully saturated rings. The van der Waals surface area contributed by atoms with Crippen molar-refractivity contribution >= 4 is 11.9 Å². The van der Waals surface area contributed by atoms with Crippen molar-refractivity contribution in [3.63, 3.8) is 0 Å². The van der Waals surface area contributed by atoms with Gasteiger partial charge in [-0.25, -0.2) is 0 Å². The first kappa shape index (κ1) is 34.0. The monoisotopic (exact) mass is 829 g/mol. The number of ether oxygens (including phenoxy) is 3. The Labute approximate surface area is 300 Å². The van der Waals surface area contributed by atoms with Gasteiger partial charge in [-0.3, -0.25) is 19.4 Å². The van der Waals surface area contributed by atoms with Crippen LogP contribution in [-0.2, 0) is 22.4 Å². The number of piperazine rings is 1. The molecule has 1 unspecified atom stereocenters. The van der Waals surface area contributed by atoms with Gasteiger partial charge in [0.25, 0.3) is 0 Å². The van der Waals surface area contributed by atoms with E-state index in [2.05, 4.69) is 27.3 Å². The number of phenols is 1. The number of nitrogens with one attached hydrogen (secondary N) is 1. The number of hydrogen-bond acceptors (Lipinski definition) is 9. The molecule has 10 nitrogen and oxygen atoms in total. The number of amides is 1. The van der Waals surface area contributed by atoms with E-state index < -0.39 is 12.1 Å². The average Bonchev–Trinajstić information content (AvgIpc) is 3.48. The molecule has 6 rings (SSSR count). The molecule has 2 aromatic rings. The molecular formula is C34H42AcN4O6. The number of likely N-dealkylation sites (N-methyl/N-ethyl adjacent to an activating group) is 1. The molecule has 0 aliphatic carbocycles. The summed E-state index contributed by atoms with van der Waals surface area (Å²) in [5.74, 6) is 1.51. The minimum Gasteiger partial charge on any atom is -0.507 e. The molecule has 4 heterocycles. The van der Waals surface area contributed by atoms with Gasteiger partial charge in [-0.15, -0.1) is 0 Å². The van der Waals surface area contributed by atoms with E-state index in [9.17, 15) is 20.0 Å². The number of esters is 1. The fraction of sp³-hybridized carbons (Fsp3) is 0.559. The summed E-state index contributed by atoms with van der Waals surface area (Å²) in [5, 5.41) is 25.5. The Morgan fingerprint density at radius 3 is 2.47 bits per heavy atom. The van der Waals surface area contributed by atoms with Crippen LogP contribution < -0.4 is 19.5 Å². The van der Waals surface area contributed by atoms with Crippen molar-refractivity contribution in [1.29, 1.82) is 5.26 Å². The van der Waals surface area contributed by atoms with Crippen LogP contribution in [0.15, 0.2) is 6.07 Å². The van der Waals surface area contributed by atoms with E-state index >= 15 is 0 Å². The molecule has 11 heteroatoms. The van der Waals surface area contributed by atoms with Crippen LogP contribution in [0.1, 0.15) is 90.6 Å². The summed E-state index contributed by atoms with van der Waals surface area (Å²) in [6, 6.07) is 3.20. The molecular weight excluding hydrogens is 787 g/mol. The topological polar surface area (TPSA) is 124 Å². The van der Waals surface area contributed by atoms with Gasteiger partial charge < -0.3 is 24.6 Å². The molecule has 2 aromatic carbocycles. The fourth-order valence-corrected chi connectivity index (χ4v) is 7.91. The molecule has 4 aliphatic rings. The summed E-state index contributed by atoms with van der Waals surface area (Å²) in [6.45, 7) is 10.1. The maximum atomic E-state index is 12.9. The summed E-state index contributed by atoms with van der Waals surface area (Å²) in [4.78, 5) is 30.2. The largest absolute Gasteiger partial charge is 0.507 e. The van der Waals surface area contributed by atoms with Gasteiger partial charge in [0.1, 0.15) is 17.5 Å². The van der Waals surface area contributed by atoms with Gasteiger partial charge in [0.2, 0.25) is 12.7 Å². The Balaban J connectivity index is 0.00000400. The van der Waals surface area contributed by atoms with E-state index in [1.807, 2.05) is 41.7 Å². The van der Waals surface area contributed by atoms with E-state index in [-0.39, 0.29) is 93.2 Å². The van der Waals surface area contributed by atoms with Crippen molar-refractivity contribution in [3.8, 4) is 29.1 Å². The van der Waals surface area contributed by atoms with E-state index in [1.165, 1.54) is 0 Å². The maximum absolute atomic E-state index is 12.9. The molecule has 0 saturated carbocycles. The van der Waals surface area contributed by atoms with Crippen molar-refractivity contribution in [1.82, 2.24) is 15.1 Å². The number of nitrogens with zero attached hydrogens (tertiary/aromatic N) is 3. The second-order valence-electron chi connectivity index (χ2n) is 12.6. The summed E-state index contributed by atoms with van der Waals surface area (Å²) in [7, 11) is 2.05. The number of hydrogen-bond donors (Lipinski definition) is 2. The molecule has 2 bridgehead atoms. The standard InChI is InChI=1S/C34H42N4O6.Ac/c1-7-9-26(39)36-15-25-29-21(31(41)19(5)33-34(29)43-16-42-33)13-23-30-28-20(12-22(37(30)6)24(14-35)38(23)25)11-17(3)18(4)32(28)44-27(40)10-8-2;/h11,22-25,30,41H,7-10,12-13,15-16H2,1-6H3,(H,36,39);/t22-,23?,24-,25-,30-;/m0./s1. The van der Waals surface area contributed by atoms with E-state index in [4.69, 9.17) is 14.2 Å². The number of aryl methyl sites for hydroxylation is 1. The number of rotatable bonds is 7. The zero-order valence-corrected chi connectivity index (χ0v) is 31.8. The normalized spacial score (nSPS) is 24.4. The summed E-state index contributed by atoms with van der Waals surface area (Å²) >= 11 is 0. The summed E-state index contributed by atoms with van der Waals surface area (Å²) < 4.78 is 18.0. The van der Waals surface area contributed by atoms with Gasteiger partial charge in [0.15, 0.2) is 11.5 Å². The zero-order chi connectivity index (χ0) is 31.4. The second-order valence-corrected chi connectivity index (χ2v) is 12.6. The van der Waals surface area contributed by atoms with Crippen molar-refractivity contribution in [2.75, 3.05) is 20.4 Å². The molecule has 0 spiro atoms. The molecule has 4 aliphatic heterocycles. The van der Waals surface area contributed by atoms with Gasteiger partial charge in [-0.1, -0.05) is 19.9 Å². The van der Waals surface area contributed by atoms with Crippen LogP contribution in [0.2, 0.25) is 0 Å². The summed E-state index contributed by atoms with van der Waals surface area (Å²) in [5.41, 5.74) is 6.15. The Kier molecular flexibility index (Phi) is 10.1. The number of nitriles is 1. The Morgan fingerprint density at radius 2 is 1.78 bits per heavy atom. The van der Waals surface area contributed by atoms with Crippen LogP contribution in [0.5, 0.6) is 23.0 Å². The first-order valence-electron chi connectivity index (χ1n) is 15.8. The van der Waals surface area contributed by atoms with E-state index in [0.29, 0.717) is 54.9 Å².